The molecule has 0 spiro atoms. The van der Waals surface area contributed by atoms with E-state index >= 15 is 0 Å². The van der Waals surface area contributed by atoms with Gasteiger partial charge >= 0.3 is 0 Å². The van der Waals surface area contributed by atoms with Crippen molar-refractivity contribution in [3.8, 4) is 5.75 Å². The average Bonchev–Trinajstić information content (AvgIpc) is 2.58. The van der Waals surface area contributed by atoms with Crippen molar-refractivity contribution in [2.24, 2.45) is 0 Å². The highest BCUT2D eigenvalue weighted by Crippen LogP contribution is 2.22. The Morgan fingerprint density at radius 1 is 1.00 bits per heavy atom. The van der Waals surface area contributed by atoms with Gasteiger partial charge < -0.3 is 15.4 Å². The Hall–Kier alpha value is -2.67. The minimum atomic E-state index is -0.954. The van der Waals surface area contributed by atoms with E-state index in [1.807, 2.05) is 0 Å². The van der Waals surface area contributed by atoms with Crippen LogP contribution in [0.1, 0.15) is 20.7 Å². The summed E-state index contributed by atoms with van der Waals surface area (Å²) >= 11 is 5.86. The third kappa shape index (κ3) is 4.90. The van der Waals surface area contributed by atoms with E-state index in [0.29, 0.717) is 16.8 Å². The fourth-order valence-electron chi connectivity index (χ4n) is 2.07. The third-order valence-electron chi connectivity index (χ3n) is 3.28. The molecule has 0 saturated carbocycles. The fourth-order valence-corrected chi connectivity index (χ4v) is 2.25. The van der Waals surface area contributed by atoms with Crippen LogP contribution in [-0.4, -0.2) is 32.0 Å². The molecule has 0 aliphatic rings. The van der Waals surface area contributed by atoms with Crippen molar-refractivity contribution in [1.82, 2.24) is 10.6 Å². The molecule has 0 aliphatic heterocycles. The number of benzene rings is 2. The van der Waals surface area contributed by atoms with Crippen LogP contribution in [-0.2, 0) is 0 Å². The highest BCUT2D eigenvalue weighted by molar-refractivity contribution is 6.31. The molecular weight excluding hydrogens is 354 g/mol. The van der Waals surface area contributed by atoms with Crippen LogP contribution in [0.2, 0.25) is 5.02 Å². The van der Waals surface area contributed by atoms with Gasteiger partial charge in [-0.05, 0) is 30.3 Å². The van der Waals surface area contributed by atoms with Gasteiger partial charge in [0.1, 0.15) is 17.4 Å². The molecule has 0 unspecified atom stereocenters. The highest BCUT2D eigenvalue weighted by Gasteiger charge is 2.14. The molecule has 25 heavy (non-hydrogen) atoms. The highest BCUT2D eigenvalue weighted by atomic mass is 35.5. The lowest BCUT2D eigenvalue weighted by molar-refractivity contribution is 0.0923. The predicted octanol–water partition coefficient (Wildman–Crippen LogP) is 2.79. The van der Waals surface area contributed by atoms with Crippen molar-refractivity contribution in [2.45, 2.75) is 0 Å². The van der Waals surface area contributed by atoms with Crippen molar-refractivity contribution in [3.05, 3.63) is 64.2 Å². The summed E-state index contributed by atoms with van der Waals surface area (Å²) in [5.74, 6) is -2.49. The molecule has 132 valence electrons. The molecule has 5 nitrogen and oxygen atoms in total. The molecule has 0 aromatic heterocycles. The Labute approximate surface area is 147 Å². The van der Waals surface area contributed by atoms with Crippen molar-refractivity contribution in [1.29, 1.82) is 0 Å². The number of hydrogen-bond acceptors (Lipinski definition) is 3. The first-order valence-electron chi connectivity index (χ1n) is 7.27. The lowest BCUT2D eigenvalue weighted by Crippen LogP contribution is -2.35. The van der Waals surface area contributed by atoms with Gasteiger partial charge in [-0.15, -0.1) is 0 Å². The average molecular weight is 369 g/mol. The zero-order chi connectivity index (χ0) is 18.4. The van der Waals surface area contributed by atoms with Crippen LogP contribution in [0.15, 0.2) is 36.4 Å². The summed E-state index contributed by atoms with van der Waals surface area (Å²) in [5, 5.41) is 5.40. The van der Waals surface area contributed by atoms with Gasteiger partial charge in [-0.2, -0.15) is 0 Å². The van der Waals surface area contributed by atoms with E-state index < -0.39 is 23.4 Å². The topological polar surface area (TPSA) is 67.4 Å². The Balaban J connectivity index is 1.87. The summed E-state index contributed by atoms with van der Waals surface area (Å²) in [6.07, 6.45) is 0. The summed E-state index contributed by atoms with van der Waals surface area (Å²) in [7, 11) is 1.43. The van der Waals surface area contributed by atoms with E-state index in [1.54, 1.807) is 12.1 Å². The first-order chi connectivity index (χ1) is 11.9. The van der Waals surface area contributed by atoms with E-state index in [4.69, 9.17) is 16.3 Å². The van der Waals surface area contributed by atoms with Crippen LogP contribution in [0.25, 0.3) is 0 Å². The van der Waals surface area contributed by atoms with Gasteiger partial charge in [0.15, 0.2) is 0 Å². The van der Waals surface area contributed by atoms with E-state index in [9.17, 15) is 18.4 Å². The fraction of sp³-hybridized carbons (Fsp3) is 0.176. The molecular formula is C17H15ClF2N2O3. The minimum Gasteiger partial charge on any atom is -0.496 e. The molecule has 2 aromatic carbocycles. The molecule has 0 bridgehead atoms. The summed E-state index contributed by atoms with van der Waals surface area (Å²) in [6.45, 7) is 0.160. The number of amides is 2. The van der Waals surface area contributed by atoms with E-state index in [1.165, 1.54) is 13.2 Å². The van der Waals surface area contributed by atoms with Gasteiger partial charge in [0.2, 0.25) is 0 Å². The number of methoxy groups -OCH3 is 1. The molecule has 0 radical (unpaired) electrons. The molecule has 2 aromatic rings. The molecule has 0 saturated heterocycles. The molecule has 0 heterocycles. The Morgan fingerprint density at radius 3 is 2.24 bits per heavy atom. The van der Waals surface area contributed by atoms with Gasteiger partial charge in [-0.25, -0.2) is 8.78 Å². The third-order valence-corrected chi connectivity index (χ3v) is 3.51. The smallest absolute Gasteiger partial charge is 0.255 e. The molecule has 8 heteroatoms. The summed E-state index contributed by atoms with van der Waals surface area (Å²) in [4.78, 5) is 23.9. The number of carbonyl (C=O) groups excluding carboxylic acids is 2. The van der Waals surface area contributed by atoms with Crippen LogP contribution in [0.5, 0.6) is 5.75 Å². The first-order valence-corrected chi connectivity index (χ1v) is 7.65. The number of nitrogens with one attached hydrogen (secondary N) is 2. The molecule has 2 N–H and O–H groups in total. The Bertz CT molecular complexity index is 799. The second-order valence-corrected chi connectivity index (χ2v) is 5.42. The first kappa shape index (κ1) is 18.7. The summed E-state index contributed by atoms with van der Waals surface area (Å²) < 4.78 is 31.4. The number of carbonyl (C=O) groups is 2. The maximum atomic E-state index is 13.5. The number of halogens is 3. The SMILES string of the molecule is COc1ccc(Cl)cc1C(=O)NCCNC(=O)c1ccc(F)cc1F. The zero-order valence-corrected chi connectivity index (χ0v) is 14.0. The van der Waals surface area contributed by atoms with Gasteiger partial charge in [-0.3, -0.25) is 9.59 Å². The summed E-state index contributed by atoms with van der Waals surface area (Å²) in [6, 6.07) is 7.29. The monoisotopic (exact) mass is 368 g/mol. The Morgan fingerprint density at radius 2 is 1.64 bits per heavy atom. The second-order valence-electron chi connectivity index (χ2n) is 4.98. The molecule has 2 rings (SSSR count). The quantitative estimate of drug-likeness (QED) is 0.770. The lowest BCUT2D eigenvalue weighted by Gasteiger charge is -2.10. The van der Waals surface area contributed by atoms with E-state index in [2.05, 4.69) is 10.6 Å². The maximum Gasteiger partial charge on any atom is 0.255 e. The molecule has 0 fully saturated rings. The molecule has 0 atom stereocenters. The van der Waals surface area contributed by atoms with Crippen molar-refractivity contribution >= 4 is 23.4 Å². The van der Waals surface area contributed by atoms with Crippen molar-refractivity contribution in [2.75, 3.05) is 20.2 Å². The van der Waals surface area contributed by atoms with Crippen LogP contribution >= 0.6 is 11.6 Å². The van der Waals surface area contributed by atoms with Crippen molar-refractivity contribution < 1.29 is 23.1 Å². The molecule has 0 aliphatic carbocycles. The van der Waals surface area contributed by atoms with Gasteiger partial charge in [0, 0.05) is 24.2 Å². The Kier molecular flexibility index (Phi) is 6.30. The van der Waals surface area contributed by atoms with Crippen LogP contribution in [0.3, 0.4) is 0 Å². The minimum absolute atomic E-state index is 0.0598. The second kappa shape index (κ2) is 8.43. The van der Waals surface area contributed by atoms with Crippen LogP contribution in [0, 0.1) is 11.6 Å². The van der Waals surface area contributed by atoms with E-state index in [0.717, 1.165) is 12.1 Å². The predicted molar refractivity (Wildman–Crippen MR) is 89.0 cm³/mol. The largest absolute Gasteiger partial charge is 0.496 e. The van der Waals surface area contributed by atoms with Gasteiger partial charge in [0.25, 0.3) is 11.8 Å². The lowest BCUT2D eigenvalue weighted by atomic mass is 10.2. The maximum absolute atomic E-state index is 13.5. The van der Waals surface area contributed by atoms with Crippen LogP contribution < -0.4 is 15.4 Å². The van der Waals surface area contributed by atoms with Gasteiger partial charge in [-0.1, -0.05) is 11.6 Å². The van der Waals surface area contributed by atoms with Crippen molar-refractivity contribution in [3.63, 3.8) is 0 Å². The van der Waals surface area contributed by atoms with Crippen LogP contribution in [0.4, 0.5) is 8.78 Å². The van der Waals surface area contributed by atoms with Gasteiger partial charge in [0.05, 0.1) is 18.2 Å². The number of ether oxygens (including phenoxy) is 1. The number of rotatable bonds is 6. The standard InChI is InChI=1S/C17H15ClF2N2O3/c1-25-15-5-2-10(18)8-13(15)17(24)22-7-6-21-16(23)12-4-3-11(19)9-14(12)20/h2-5,8-9H,6-7H2,1H3,(H,21,23)(H,22,24). The zero-order valence-electron chi connectivity index (χ0n) is 13.2. The number of hydrogen-bond donors (Lipinski definition) is 2. The van der Waals surface area contributed by atoms with E-state index in [-0.39, 0.29) is 24.2 Å². The molecule has 2 amide bonds. The normalized spacial score (nSPS) is 10.2. The summed E-state index contributed by atoms with van der Waals surface area (Å²) in [5.41, 5.74) is -0.0184.